The number of nitrogens with one attached hydrogen (secondary N) is 1. The first-order chi connectivity index (χ1) is 10.3. The summed E-state index contributed by atoms with van der Waals surface area (Å²) in [6.45, 7) is 2.41. The van der Waals surface area contributed by atoms with E-state index >= 15 is 0 Å². The molecule has 110 valence electrons. The molecular weight excluding hydrogens is 330 g/mol. The number of morpholine rings is 1. The molecule has 1 saturated heterocycles. The molecule has 1 N–H and O–H groups in total. The van der Waals surface area contributed by atoms with Crippen LogP contribution < -0.4 is 10.1 Å². The standard InChI is InChI=1S/C17H18BrNO2/c18-14-8-4-5-9-15(14)21-17(13-6-2-1-3-7-13)16-12-19-10-11-20-16/h1-9,16-17,19H,10-12H2/t16-,17+/m0/s1. The number of rotatable bonds is 4. The summed E-state index contributed by atoms with van der Waals surface area (Å²) in [5.41, 5.74) is 1.13. The molecule has 0 amide bonds. The average molecular weight is 348 g/mol. The Labute approximate surface area is 133 Å². The predicted molar refractivity (Wildman–Crippen MR) is 86.6 cm³/mol. The van der Waals surface area contributed by atoms with Crippen LogP contribution in [0.3, 0.4) is 0 Å². The Morgan fingerprint density at radius 3 is 2.57 bits per heavy atom. The minimum atomic E-state index is -0.127. The van der Waals surface area contributed by atoms with Crippen LogP contribution in [-0.4, -0.2) is 25.8 Å². The third-order valence-corrected chi connectivity index (χ3v) is 4.17. The molecule has 3 nitrogen and oxygen atoms in total. The van der Waals surface area contributed by atoms with Gasteiger partial charge in [0.2, 0.25) is 0 Å². The van der Waals surface area contributed by atoms with E-state index in [1.165, 1.54) is 0 Å². The monoisotopic (exact) mass is 347 g/mol. The summed E-state index contributed by atoms with van der Waals surface area (Å²) in [4.78, 5) is 0. The van der Waals surface area contributed by atoms with Gasteiger partial charge in [0.25, 0.3) is 0 Å². The summed E-state index contributed by atoms with van der Waals surface area (Å²) >= 11 is 3.54. The number of ether oxygens (including phenoxy) is 2. The van der Waals surface area contributed by atoms with Crippen molar-refractivity contribution in [2.24, 2.45) is 0 Å². The number of para-hydroxylation sites is 1. The van der Waals surface area contributed by atoms with E-state index in [2.05, 4.69) is 33.4 Å². The van der Waals surface area contributed by atoms with Crippen LogP contribution in [0.5, 0.6) is 5.75 Å². The minimum Gasteiger partial charge on any atom is -0.482 e. The second kappa shape index (κ2) is 7.07. The molecule has 0 unspecified atom stereocenters. The van der Waals surface area contributed by atoms with Crippen molar-refractivity contribution in [2.45, 2.75) is 12.2 Å². The zero-order valence-corrected chi connectivity index (χ0v) is 13.3. The number of hydrogen-bond donors (Lipinski definition) is 1. The highest BCUT2D eigenvalue weighted by atomic mass is 79.9. The zero-order chi connectivity index (χ0) is 14.5. The SMILES string of the molecule is Brc1ccccc1O[C@H](c1ccccc1)[C@@H]1CNCCO1. The lowest BCUT2D eigenvalue weighted by molar-refractivity contribution is -0.0434. The van der Waals surface area contributed by atoms with Crippen molar-refractivity contribution in [1.82, 2.24) is 5.32 Å². The molecular formula is C17H18BrNO2. The number of benzene rings is 2. The second-order valence-electron chi connectivity index (χ2n) is 4.99. The third-order valence-electron chi connectivity index (χ3n) is 3.51. The Bertz CT molecular complexity index is 570. The molecule has 2 aromatic carbocycles. The predicted octanol–water partition coefficient (Wildman–Crippen LogP) is 3.56. The van der Waals surface area contributed by atoms with Crippen LogP contribution in [0.2, 0.25) is 0 Å². The molecule has 0 spiro atoms. The van der Waals surface area contributed by atoms with E-state index in [-0.39, 0.29) is 12.2 Å². The summed E-state index contributed by atoms with van der Waals surface area (Å²) in [5.74, 6) is 0.834. The van der Waals surface area contributed by atoms with Crippen molar-refractivity contribution >= 4 is 15.9 Å². The quantitative estimate of drug-likeness (QED) is 0.917. The van der Waals surface area contributed by atoms with Crippen LogP contribution in [-0.2, 0) is 4.74 Å². The third kappa shape index (κ3) is 3.64. The van der Waals surface area contributed by atoms with Crippen LogP contribution >= 0.6 is 15.9 Å². The van der Waals surface area contributed by atoms with Gasteiger partial charge in [-0.05, 0) is 33.6 Å². The van der Waals surface area contributed by atoms with Gasteiger partial charge in [0.1, 0.15) is 11.9 Å². The highest BCUT2D eigenvalue weighted by Crippen LogP contribution is 2.31. The largest absolute Gasteiger partial charge is 0.482 e. The van der Waals surface area contributed by atoms with Crippen LogP contribution in [0, 0.1) is 0 Å². The van der Waals surface area contributed by atoms with Crippen molar-refractivity contribution < 1.29 is 9.47 Å². The Morgan fingerprint density at radius 2 is 1.86 bits per heavy atom. The lowest BCUT2D eigenvalue weighted by Gasteiger charge is -2.31. The lowest BCUT2D eigenvalue weighted by Crippen LogP contribution is -2.43. The minimum absolute atomic E-state index is 0.00764. The highest BCUT2D eigenvalue weighted by Gasteiger charge is 2.28. The molecule has 4 heteroatoms. The van der Waals surface area contributed by atoms with Gasteiger partial charge in [-0.25, -0.2) is 0 Å². The molecule has 0 aromatic heterocycles. The molecule has 21 heavy (non-hydrogen) atoms. The molecule has 1 heterocycles. The van der Waals surface area contributed by atoms with Gasteiger partial charge in [0.15, 0.2) is 6.10 Å². The zero-order valence-electron chi connectivity index (χ0n) is 11.7. The van der Waals surface area contributed by atoms with Gasteiger partial charge in [0, 0.05) is 13.1 Å². The normalized spacial score (nSPS) is 20.0. The maximum absolute atomic E-state index is 6.26. The summed E-state index contributed by atoms with van der Waals surface area (Å²) in [6, 6.07) is 18.1. The molecule has 2 aromatic rings. The maximum atomic E-state index is 6.26. The van der Waals surface area contributed by atoms with Gasteiger partial charge < -0.3 is 14.8 Å². The molecule has 2 atom stereocenters. The van der Waals surface area contributed by atoms with Gasteiger partial charge >= 0.3 is 0 Å². The molecule has 1 aliphatic heterocycles. The fourth-order valence-corrected chi connectivity index (χ4v) is 2.84. The number of hydrogen-bond acceptors (Lipinski definition) is 3. The molecule has 1 fully saturated rings. The summed E-state index contributed by atoms with van der Waals surface area (Å²) in [7, 11) is 0. The molecule has 0 aliphatic carbocycles. The van der Waals surface area contributed by atoms with Gasteiger partial charge in [-0.1, -0.05) is 42.5 Å². The fourth-order valence-electron chi connectivity index (χ4n) is 2.46. The van der Waals surface area contributed by atoms with Crippen molar-refractivity contribution in [2.75, 3.05) is 19.7 Å². The maximum Gasteiger partial charge on any atom is 0.151 e. The van der Waals surface area contributed by atoms with Crippen LogP contribution in [0.4, 0.5) is 0 Å². The Morgan fingerprint density at radius 1 is 1.10 bits per heavy atom. The van der Waals surface area contributed by atoms with E-state index in [1.807, 2.05) is 42.5 Å². The Hall–Kier alpha value is -1.36. The van der Waals surface area contributed by atoms with E-state index in [0.29, 0.717) is 6.61 Å². The van der Waals surface area contributed by atoms with Gasteiger partial charge in [0.05, 0.1) is 11.1 Å². The molecule has 0 bridgehead atoms. The van der Waals surface area contributed by atoms with Gasteiger partial charge in [-0.2, -0.15) is 0 Å². The smallest absolute Gasteiger partial charge is 0.151 e. The van der Waals surface area contributed by atoms with Crippen molar-refractivity contribution in [3.05, 3.63) is 64.6 Å². The highest BCUT2D eigenvalue weighted by molar-refractivity contribution is 9.10. The first kappa shape index (κ1) is 14.6. The van der Waals surface area contributed by atoms with E-state index < -0.39 is 0 Å². The van der Waals surface area contributed by atoms with E-state index in [0.717, 1.165) is 28.9 Å². The fraction of sp³-hybridized carbons (Fsp3) is 0.294. The second-order valence-corrected chi connectivity index (χ2v) is 5.85. The summed E-state index contributed by atoms with van der Waals surface area (Å²) < 4.78 is 13.1. The Kier molecular flexibility index (Phi) is 4.91. The van der Waals surface area contributed by atoms with Crippen LogP contribution in [0.1, 0.15) is 11.7 Å². The van der Waals surface area contributed by atoms with Crippen LogP contribution in [0.15, 0.2) is 59.1 Å². The number of halogens is 1. The van der Waals surface area contributed by atoms with Gasteiger partial charge in [-0.15, -0.1) is 0 Å². The molecule has 1 aliphatic rings. The van der Waals surface area contributed by atoms with Gasteiger partial charge in [-0.3, -0.25) is 0 Å². The average Bonchev–Trinajstić information content (AvgIpc) is 2.56. The Balaban J connectivity index is 1.87. The molecule has 0 saturated carbocycles. The van der Waals surface area contributed by atoms with Crippen molar-refractivity contribution in [3.63, 3.8) is 0 Å². The van der Waals surface area contributed by atoms with Crippen molar-refractivity contribution in [1.29, 1.82) is 0 Å². The first-order valence-electron chi connectivity index (χ1n) is 7.13. The van der Waals surface area contributed by atoms with E-state index in [4.69, 9.17) is 9.47 Å². The lowest BCUT2D eigenvalue weighted by atomic mass is 10.0. The van der Waals surface area contributed by atoms with E-state index in [9.17, 15) is 0 Å². The van der Waals surface area contributed by atoms with Crippen molar-refractivity contribution in [3.8, 4) is 5.75 Å². The molecule has 0 radical (unpaired) electrons. The van der Waals surface area contributed by atoms with E-state index in [1.54, 1.807) is 0 Å². The summed E-state index contributed by atoms with van der Waals surface area (Å²) in [5, 5.41) is 3.37. The topological polar surface area (TPSA) is 30.5 Å². The molecule has 3 rings (SSSR count). The summed E-state index contributed by atoms with van der Waals surface area (Å²) in [6.07, 6.45) is -0.119. The first-order valence-corrected chi connectivity index (χ1v) is 7.92. The van der Waals surface area contributed by atoms with Crippen LogP contribution in [0.25, 0.3) is 0 Å².